The van der Waals surface area contributed by atoms with E-state index in [-0.39, 0.29) is 0 Å². The average molecular weight is 262 g/mol. The molecule has 0 saturated heterocycles. The molecule has 3 rings (SSSR count). The Bertz CT molecular complexity index is 697. The highest BCUT2D eigenvalue weighted by molar-refractivity contribution is 5.94. The molecule has 1 heterocycles. The van der Waals surface area contributed by atoms with E-state index in [1.54, 1.807) is 0 Å². The molecule has 0 spiro atoms. The Balaban J connectivity index is 1.98. The summed E-state index contributed by atoms with van der Waals surface area (Å²) < 4.78 is 0. The summed E-state index contributed by atoms with van der Waals surface area (Å²) in [5.74, 6) is 0. The van der Waals surface area contributed by atoms with Crippen LogP contribution in [0.25, 0.3) is 22.0 Å². The zero-order chi connectivity index (χ0) is 13.8. The number of hydrogen-bond donors (Lipinski definition) is 1. The standard InChI is InChI=1S/C18H18N2/c1-2-19-13-14-8-10-15(11-9-14)16-5-3-7-18-17(16)6-4-12-20-18/h3-12,19H,2,13H2,1H3. The Hall–Kier alpha value is -2.19. The predicted octanol–water partition coefficient (Wildman–Crippen LogP) is 4.01. The second-order valence-corrected chi connectivity index (χ2v) is 4.85. The second-order valence-electron chi connectivity index (χ2n) is 4.85. The van der Waals surface area contributed by atoms with Crippen molar-refractivity contribution in [3.8, 4) is 11.1 Å². The van der Waals surface area contributed by atoms with E-state index >= 15 is 0 Å². The fourth-order valence-corrected chi connectivity index (χ4v) is 2.43. The molecule has 0 radical (unpaired) electrons. The van der Waals surface area contributed by atoms with Crippen molar-refractivity contribution >= 4 is 10.9 Å². The van der Waals surface area contributed by atoms with E-state index in [4.69, 9.17) is 0 Å². The monoisotopic (exact) mass is 262 g/mol. The van der Waals surface area contributed by atoms with E-state index in [1.165, 1.54) is 22.1 Å². The third-order valence-electron chi connectivity index (χ3n) is 3.49. The molecule has 2 heteroatoms. The van der Waals surface area contributed by atoms with E-state index < -0.39 is 0 Å². The molecule has 2 aromatic carbocycles. The SMILES string of the molecule is CCNCc1ccc(-c2cccc3ncccc23)cc1. The highest BCUT2D eigenvalue weighted by atomic mass is 14.8. The highest BCUT2D eigenvalue weighted by Crippen LogP contribution is 2.27. The molecule has 3 aromatic rings. The van der Waals surface area contributed by atoms with Gasteiger partial charge in [0.05, 0.1) is 5.52 Å². The van der Waals surface area contributed by atoms with Crippen LogP contribution in [0.2, 0.25) is 0 Å². The number of hydrogen-bond acceptors (Lipinski definition) is 2. The number of fused-ring (bicyclic) bond motifs is 1. The van der Waals surface area contributed by atoms with Crippen molar-refractivity contribution in [2.24, 2.45) is 0 Å². The van der Waals surface area contributed by atoms with Crippen LogP contribution >= 0.6 is 0 Å². The lowest BCUT2D eigenvalue weighted by Gasteiger charge is -2.08. The molecule has 0 atom stereocenters. The van der Waals surface area contributed by atoms with Crippen molar-refractivity contribution in [3.05, 3.63) is 66.4 Å². The lowest BCUT2D eigenvalue weighted by molar-refractivity contribution is 0.727. The minimum Gasteiger partial charge on any atom is -0.313 e. The molecule has 0 aliphatic heterocycles. The first-order valence-corrected chi connectivity index (χ1v) is 7.02. The Labute approximate surface area is 119 Å². The summed E-state index contributed by atoms with van der Waals surface area (Å²) >= 11 is 0. The summed E-state index contributed by atoms with van der Waals surface area (Å²) in [4.78, 5) is 4.42. The first-order valence-electron chi connectivity index (χ1n) is 7.02. The Morgan fingerprint density at radius 2 is 1.80 bits per heavy atom. The Morgan fingerprint density at radius 3 is 2.60 bits per heavy atom. The smallest absolute Gasteiger partial charge is 0.0708 e. The number of aromatic nitrogens is 1. The lowest BCUT2D eigenvalue weighted by atomic mass is 9.99. The maximum absolute atomic E-state index is 4.42. The van der Waals surface area contributed by atoms with Gasteiger partial charge in [-0.3, -0.25) is 4.98 Å². The van der Waals surface area contributed by atoms with Gasteiger partial charge in [-0.15, -0.1) is 0 Å². The molecule has 0 aliphatic rings. The van der Waals surface area contributed by atoms with Gasteiger partial charge >= 0.3 is 0 Å². The lowest BCUT2D eigenvalue weighted by Crippen LogP contribution is -2.11. The van der Waals surface area contributed by atoms with Gasteiger partial charge in [-0.25, -0.2) is 0 Å². The Kier molecular flexibility index (Phi) is 3.75. The van der Waals surface area contributed by atoms with E-state index in [2.05, 4.69) is 65.8 Å². The summed E-state index contributed by atoms with van der Waals surface area (Å²) in [5.41, 5.74) is 4.84. The van der Waals surface area contributed by atoms with Gasteiger partial charge in [0.1, 0.15) is 0 Å². The van der Waals surface area contributed by atoms with Gasteiger partial charge in [0.2, 0.25) is 0 Å². The van der Waals surface area contributed by atoms with Crippen LogP contribution in [0.1, 0.15) is 12.5 Å². The van der Waals surface area contributed by atoms with Crippen LogP contribution < -0.4 is 5.32 Å². The van der Waals surface area contributed by atoms with E-state index in [0.717, 1.165) is 18.6 Å². The van der Waals surface area contributed by atoms with Gasteiger partial charge in [0.15, 0.2) is 0 Å². The van der Waals surface area contributed by atoms with Gasteiger partial charge in [-0.1, -0.05) is 49.4 Å². The van der Waals surface area contributed by atoms with Crippen molar-refractivity contribution < 1.29 is 0 Å². The van der Waals surface area contributed by atoms with Crippen molar-refractivity contribution in [1.29, 1.82) is 0 Å². The summed E-state index contributed by atoms with van der Waals surface area (Å²) in [6.45, 7) is 4.04. The van der Waals surface area contributed by atoms with Crippen LogP contribution in [-0.4, -0.2) is 11.5 Å². The minimum atomic E-state index is 0.924. The summed E-state index contributed by atoms with van der Waals surface area (Å²) in [6, 6.07) is 19.2. The zero-order valence-corrected chi connectivity index (χ0v) is 11.6. The van der Waals surface area contributed by atoms with Crippen LogP contribution in [0.15, 0.2) is 60.8 Å². The molecule has 0 aliphatic carbocycles. The third-order valence-corrected chi connectivity index (χ3v) is 3.49. The molecule has 0 unspecified atom stereocenters. The van der Waals surface area contributed by atoms with Gasteiger partial charge in [0.25, 0.3) is 0 Å². The van der Waals surface area contributed by atoms with Gasteiger partial charge in [-0.2, -0.15) is 0 Å². The molecule has 0 bridgehead atoms. The van der Waals surface area contributed by atoms with Crippen LogP contribution in [0.5, 0.6) is 0 Å². The van der Waals surface area contributed by atoms with Crippen molar-refractivity contribution in [1.82, 2.24) is 10.3 Å². The van der Waals surface area contributed by atoms with Crippen LogP contribution in [0.4, 0.5) is 0 Å². The van der Waals surface area contributed by atoms with Crippen LogP contribution in [0, 0.1) is 0 Å². The van der Waals surface area contributed by atoms with Gasteiger partial charge < -0.3 is 5.32 Å². The number of benzene rings is 2. The number of nitrogens with one attached hydrogen (secondary N) is 1. The minimum absolute atomic E-state index is 0.924. The highest BCUT2D eigenvalue weighted by Gasteiger charge is 2.03. The maximum Gasteiger partial charge on any atom is 0.0708 e. The maximum atomic E-state index is 4.42. The molecule has 0 fully saturated rings. The number of pyridine rings is 1. The quantitative estimate of drug-likeness (QED) is 0.768. The van der Waals surface area contributed by atoms with Gasteiger partial charge in [0, 0.05) is 18.1 Å². The molecule has 1 aromatic heterocycles. The molecule has 1 N–H and O–H groups in total. The summed E-state index contributed by atoms with van der Waals surface area (Å²) in [5, 5.41) is 4.55. The van der Waals surface area contributed by atoms with Gasteiger partial charge in [-0.05, 0) is 35.4 Å². The van der Waals surface area contributed by atoms with E-state index in [0.29, 0.717) is 0 Å². The summed E-state index contributed by atoms with van der Waals surface area (Å²) in [7, 11) is 0. The normalized spacial score (nSPS) is 10.8. The first-order chi connectivity index (χ1) is 9.88. The Morgan fingerprint density at radius 1 is 0.950 bits per heavy atom. The van der Waals surface area contributed by atoms with E-state index in [1.807, 2.05) is 12.3 Å². The molecule has 2 nitrogen and oxygen atoms in total. The fourth-order valence-electron chi connectivity index (χ4n) is 2.43. The molecule has 100 valence electrons. The zero-order valence-electron chi connectivity index (χ0n) is 11.6. The molecule has 20 heavy (non-hydrogen) atoms. The molecular weight excluding hydrogens is 244 g/mol. The largest absolute Gasteiger partial charge is 0.313 e. The number of rotatable bonds is 4. The molecule has 0 amide bonds. The average Bonchev–Trinajstić information content (AvgIpc) is 2.53. The number of nitrogens with zero attached hydrogens (tertiary/aromatic N) is 1. The van der Waals surface area contributed by atoms with Crippen LogP contribution in [0.3, 0.4) is 0 Å². The first kappa shape index (κ1) is 12.8. The second kappa shape index (κ2) is 5.85. The van der Waals surface area contributed by atoms with Crippen molar-refractivity contribution in [2.45, 2.75) is 13.5 Å². The van der Waals surface area contributed by atoms with Crippen molar-refractivity contribution in [3.63, 3.8) is 0 Å². The predicted molar refractivity (Wildman–Crippen MR) is 84.6 cm³/mol. The van der Waals surface area contributed by atoms with Crippen molar-refractivity contribution in [2.75, 3.05) is 6.54 Å². The third kappa shape index (κ3) is 2.56. The fraction of sp³-hybridized carbons (Fsp3) is 0.167. The molecular formula is C18H18N2. The summed E-state index contributed by atoms with van der Waals surface area (Å²) in [6.07, 6.45) is 1.84. The van der Waals surface area contributed by atoms with E-state index in [9.17, 15) is 0 Å². The topological polar surface area (TPSA) is 24.9 Å². The molecule has 0 saturated carbocycles. The van der Waals surface area contributed by atoms with Crippen LogP contribution in [-0.2, 0) is 6.54 Å².